The Kier molecular flexibility index (Phi) is 6.60. The highest BCUT2D eigenvalue weighted by Crippen LogP contribution is 2.33. The van der Waals surface area contributed by atoms with Crippen LogP contribution in [0, 0.1) is 0 Å². The minimum atomic E-state index is -4.58. The van der Waals surface area contributed by atoms with Crippen LogP contribution in [0.2, 0.25) is 5.15 Å². The minimum absolute atomic E-state index is 0.0415. The molecule has 2 aliphatic heterocycles. The first-order valence-electron chi connectivity index (χ1n) is 12.4. The molecule has 1 N–H and O–H groups in total. The van der Waals surface area contributed by atoms with Crippen LogP contribution < -0.4 is 10.2 Å². The van der Waals surface area contributed by atoms with E-state index in [9.17, 15) is 26.4 Å². The number of benzene rings is 1. The lowest BCUT2D eigenvalue weighted by Crippen LogP contribution is -2.49. The number of nitrogens with one attached hydrogen (secondary N) is 1. The molecule has 1 fully saturated rings. The zero-order chi connectivity index (χ0) is 28.2. The zero-order valence-electron chi connectivity index (χ0n) is 20.9. The van der Waals surface area contributed by atoms with Gasteiger partial charge < -0.3 is 10.2 Å². The molecule has 0 saturated carbocycles. The molecule has 1 saturated heterocycles. The SMILES string of the molecule is O=C(c1cnn2c1CNCC2)n1ccc2cc(S(=O)(=O)N3CCN(c4cc(C(F)(F)F)cc(Cl)n4)CC3)ccc21. The van der Waals surface area contributed by atoms with Gasteiger partial charge in [0.25, 0.3) is 5.91 Å². The van der Waals surface area contributed by atoms with Gasteiger partial charge in [-0.1, -0.05) is 11.6 Å². The Morgan fingerprint density at radius 3 is 2.55 bits per heavy atom. The third kappa shape index (κ3) is 4.74. The van der Waals surface area contributed by atoms with E-state index < -0.39 is 21.8 Å². The first-order valence-corrected chi connectivity index (χ1v) is 14.3. The Morgan fingerprint density at radius 1 is 1.02 bits per heavy atom. The number of hydrogen-bond acceptors (Lipinski definition) is 7. The van der Waals surface area contributed by atoms with Crippen LogP contribution in [0.15, 0.2) is 53.7 Å². The van der Waals surface area contributed by atoms with Crippen LogP contribution in [0.1, 0.15) is 21.6 Å². The number of pyridine rings is 1. The average molecular weight is 594 g/mol. The summed E-state index contributed by atoms with van der Waals surface area (Å²) < 4.78 is 71.0. The number of hydrogen-bond donors (Lipinski definition) is 1. The van der Waals surface area contributed by atoms with Crippen molar-refractivity contribution in [3.05, 3.63) is 70.8 Å². The lowest BCUT2D eigenvalue weighted by Gasteiger charge is -2.35. The highest BCUT2D eigenvalue weighted by molar-refractivity contribution is 7.89. The number of fused-ring (bicyclic) bond motifs is 2. The van der Waals surface area contributed by atoms with Crippen LogP contribution in [0.3, 0.4) is 0 Å². The monoisotopic (exact) mass is 593 g/mol. The molecule has 6 rings (SSSR count). The summed E-state index contributed by atoms with van der Waals surface area (Å²) >= 11 is 5.81. The summed E-state index contributed by atoms with van der Waals surface area (Å²) in [6.45, 7) is 2.37. The summed E-state index contributed by atoms with van der Waals surface area (Å²) in [5.41, 5.74) is 0.932. The molecule has 5 heterocycles. The number of anilines is 1. The Bertz CT molecular complexity index is 1730. The summed E-state index contributed by atoms with van der Waals surface area (Å²) in [5, 5.41) is 7.83. The van der Waals surface area contributed by atoms with E-state index in [1.165, 1.54) is 21.0 Å². The van der Waals surface area contributed by atoms with Crippen molar-refractivity contribution in [3.63, 3.8) is 0 Å². The van der Waals surface area contributed by atoms with Crippen LogP contribution in [-0.4, -0.2) is 70.7 Å². The highest BCUT2D eigenvalue weighted by Gasteiger charge is 2.34. The molecule has 210 valence electrons. The van der Waals surface area contributed by atoms with Crippen LogP contribution in [0.4, 0.5) is 19.0 Å². The molecule has 0 aliphatic carbocycles. The number of aromatic nitrogens is 4. The molecule has 0 bridgehead atoms. The van der Waals surface area contributed by atoms with Gasteiger partial charge in [-0.2, -0.15) is 22.6 Å². The molecular formula is C25H23ClF3N7O3S. The topological polar surface area (TPSA) is 105 Å². The highest BCUT2D eigenvalue weighted by atomic mass is 35.5. The second kappa shape index (κ2) is 9.87. The maximum Gasteiger partial charge on any atom is 0.416 e. The van der Waals surface area contributed by atoms with Crippen LogP contribution in [0.5, 0.6) is 0 Å². The van der Waals surface area contributed by atoms with Gasteiger partial charge in [-0.3, -0.25) is 14.0 Å². The zero-order valence-corrected chi connectivity index (χ0v) is 22.5. The fourth-order valence-electron chi connectivity index (χ4n) is 5.06. The third-order valence-electron chi connectivity index (χ3n) is 7.16. The van der Waals surface area contributed by atoms with Crippen LogP contribution in [0.25, 0.3) is 10.9 Å². The van der Waals surface area contributed by atoms with Gasteiger partial charge in [-0.25, -0.2) is 13.4 Å². The molecule has 2 aliphatic rings. The van der Waals surface area contributed by atoms with Crippen molar-refractivity contribution in [1.82, 2.24) is 29.0 Å². The number of piperazine rings is 1. The number of alkyl halides is 3. The van der Waals surface area contributed by atoms with Gasteiger partial charge in [0.15, 0.2) is 0 Å². The van der Waals surface area contributed by atoms with Gasteiger partial charge in [0, 0.05) is 50.9 Å². The van der Waals surface area contributed by atoms with Crippen molar-refractivity contribution < 1.29 is 26.4 Å². The van der Waals surface area contributed by atoms with Crippen LogP contribution >= 0.6 is 11.6 Å². The van der Waals surface area contributed by atoms with E-state index in [-0.39, 0.29) is 48.0 Å². The summed E-state index contributed by atoms with van der Waals surface area (Å²) in [7, 11) is -3.90. The van der Waals surface area contributed by atoms with Gasteiger partial charge in [0.05, 0.1) is 40.0 Å². The Balaban J connectivity index is 1.20. The maximum atomic E-state index is 13.4. The number of sulfonamides is 1. The largest absolute Gasteiger partial charge is 0.416 e. The molecule has 0 unspecified atom stereocenters. The maximum absolute atomic E-state index is 13.4. The molecule has 1 aromatic carbocycles. The number of carbonyl (C=O) groups excluding carboxylic acids is 1. The molecule has 3 aromatic heterocycles. The van der Waals surface area contributed by atoms with Crippen molar-refractivity contribution in [1.29, 1.82) is 0 Å². The molecule has 4 aromatic rings. The number of nitrogens with zero attached hydrogens (tertiary/aromatic N) is 6. The second-order valence-corrected chi connectivity index (χ2v) is 11.9. The summed E-state index contributed by atoms with van der Waals surface area (Å²) in [6, 6.07) is 7.91. The Morgan fingerprint density at radius 2 is 1.80 bits per heavy atom. The molecule has 40 heavy (non-hydrogen) atoms. The van der Waals surface area contributed by atoms with Crippen molar-refractivity contribution in [2.45, 2.75) is 24.2 Å². The van der Waals surface area contributed by atoms with Gasteiger partial charge in [0.1, 0.15) is 11.0 Å². The number of halogens is 4. The van der Waals surface area contributed by atoms with Crippen molar-refractivity contribution in [3.8, 4) is 0 Å². The first kappa shape index (κ1) is 26.7. The van der Waals surface area contributed by atoms with Gasteiger partial charge in [-0.15, -0.1) is 0 Å². The Hall–Kier alpha value is -3.46. The van der Waals surface area contributed by atoms with E-state index in [4.69, 9.17) is 11.6 Å². The van der Waals surface area contributed by atoms with Gasteiger partial charge in [0.2, 0.25) is 10.0 Å². The molecular weight excluding hydrogens is 571 g/mol. The smallest absolute Gasteiger partial charge is 0.354 e. The van der Waals surface area contributed by atoms with Crippen molar-refractivity contribution in [2.24, 2.45) is 0 Å². The van der Waals surface area contributed by atoms with E-state index in [2.05, 4.69) is 15.4 Å². The van der Waals surface area contributed by atoms with Crippen molar-refractivity contribution in [2.75, 3.05) is 37.6 Å². The molecule has 10 nitrogen and oxygen atoms in total. The minimum Gasteiger partial charge on any atom is -0.354 e. The standard InChI is InChI=1S/C25H23ClF3N7O3S/c26-22-12-17(25(27,28)29)13-23(32-22)33-7-9-34(10-8-33)40(38,39)18-1-2-20-16(11-18)3-5-35(20)24(37)19-14-31-36-6-4-30-15-21(19)36/h1-3,5,11-14,30H,4,6-10,15H2. The first-order chi connectivity index (χ1) is 19.0. The fraction of sp³-hybridized carbons (Fsp3) is 0.320. The quantitative estimate of drug-likeness (QED) is 0.362. The number of rotatable bonds is 4. The fourth-order valence-corrected chi connectivity index (χ4v) is 6.73. The summed E-state index contributed by atoms with van der Waals surface area (Å²) in [6.07, 6.45) is -1.42. The lowest BCUT2D eigenvalue weighted by atomic mass is 10.2. The molecule has 0 amide bonds. The predicted molar refractivity (Wildman–Crippen MR) is 141 cm³/mol. The Labute approximate surface area is 232 Å². The summed E-state index contributed by atoms with van der Waals surface area (Å²) in [5.74, 6) is -0.213. The van der Waals surface area contributed by atoms with E-state index >= 15 is 0 Å². The molecule has 15 heteroatoms. The van der Waals surface area contributed by atoms with E-state index in [0.29, 0.717) is 29.6 Å². The normalized spacial score (nSPS) is 16.9. The summed E-state index contributed by atoms with van der Waals surface area (Å²) in [4.78, 5) is 18.9. The average Bonchev–Trinajstić information content (AvgIpc) is 3.56. The molecule has 0 spiro atoms. The second-order valence-electron chi connectivity index (χ2n) is 9.54. The van der Waals surface area contributed by atoms with E-state index in [0.717, 1.165) is 24.4 Å². The van der Waals surface area contributed by atoms with Gasteiger partial charge >= 0.3 is 6.18 Å². The van der Waals surface area contributed by atoms with Crippen molar-refractivity contribution >= 4 is 44.3 Å². The van der Waals surface area contributed by atoms with E-state index in [1.807, 2.05) is 0 Å². The van der Waals surface area contributed by atoms with Crippen LogP contribution in [-0.2, 0) is 29.3 Å². The number of carbonyl (C=O) groups is 1. The lowest BCUT2D eigenvalue weighted by molar-refractivity contribution is -0.137. The predicted octanol–water partition coefficient (Wildman–Crippen LogP) is 3.21. The van der Waals surface area contributed by atoms with Gasteiger partial charge in [-0.05, 0) is 36.4 Å². The third-order valence-corrected chi connectivity index (χ3v) is 9.25. The molecule has 0 radical (unpaired) electrons. The molecule has 0 atom stereocenters. The van der Waals surface area contributed by atoms with E-state index in [1.54, 1.807) is 34.1 Å².